The van der Waals surface area contributed by atoms with E-state index < -0.39 is 18.1 Å². The number of aliphatic hydroxyl groups is 1. The average molecular weight is 469 g/mol. The zero-order valence-corrected chi connectivity index (χ0v) is 19.6. The van der Waals surface area contributed by atoms with E-state index in [1.54, 1.807) is 11.8 Å². The summed E-state index contributed by atoms with van der Waals surface area (Å²) < 4.78 is 16.9. The minimum atomic E-state index is -0.696. The van der Waals surface area contributed by atoms with Gasteiger partial charge in [0.2, 0.25) is 12.7 Å². The highest BCUT2D eigenvalue weighted by Gasteiger charge is 2.55. The Hall–Kier alpha value is -3.17. The molecule has 4 aliphatic heterocycles. The first-order valence-electron chi connectivity index (χ1n) is 11.5. The summed E-state index contributed by atoms with van der Waals surface area (Å²) in [5, 5.41) is 32.9. The topological polar surface area (TPSA) is 112 Å². The molecule has 0 saturated carbocycles. The molecule has 3 N–H and O–H groups in total. The Balaban J connectivity index is 1.59. The lowest BCUT2D eigenvalue weighted by Crippen LogP contribution is -2.66. The first-order chi connectivity index (χ1) is 16.3. The highest BCUT2D eigenvalue weighted by atomic mass is 16.7. The lowest BCUT2D eigenvalue weighted by Gasteiger charge is -2.57. The van der Waals surface area contributed by atoms with Crippen molar-refractivity contribution in [3.8, 4) is 28.7 Å². The molecule has 9 nitrogen and oxygen atoms in total. The van der Waals surface area contributed by atoms with Crippen molar-refractivity contribution < 1.29 is 34.3 Å². The van der Waals surface area contributed by atoms with Gasteiger partial charge in [-0.1, -0.05) is 6.07 Å². The molecule has 6 rings (SSSR count). The summed E-state index contributed by atoms with van der Waals surface area (Å²) >= 11 is 0. The molecule has 0 spiro atoms. The van der Waals surface area contributed by atoms with Gasteiger partial charge in [0.1, 0.15) is 5.75 Å². The molecule has 1 saturated heterocycles. The van der Waals surface area contributed by atoms with E-state index in [2.05, 4.69) is 0 Å². The van der Waals surface area contributed by atoms with Crippen molar-refractivity contribution in [2.24, 2.45) is 0 Å². The minimum absolute atomic E-state index is 0.0238. The zero-order chi connectivity index (χ0) is 24.0. The van der Waals surface area contributed by atoms with Crippen molar-refractivity contribution in [3.05, 3.63) is 39.4 Å². The van der Waals surface area contributed by atoms with E-state index in [0.29, 0.717) is 46.8 Å². The van der Waals surface area contributed by atoms with Crippen LogP contribution in [0.25, 0.3) is 0 Å². The Labute approximate surface area is 197 Å². The molecule has 2 bridgehead atoms. The molecule has 4 atom stereocenters. The van der Waals surface area contributed by atoms with E-state index in [9.17, 15) is 20.1 Å². The van der Waals surface area contributed by atoms with E-state index in [1.807, 2.05) is 24.9 Å². The number of aromatic hydroxyl groups is 2. The number of rotatable bonds is 2. The van der Waals surface area contributed by atoms with Gasteiger partial charge in [-0.25, -0.2) is 0 Å². The maximum Gasteiger partial charge on any atom is 0.241 e. The van der Waals surface area contributed by atoms with E-state index in [1.165, 1.54) is 7.11 Å². The molecule has 2 aromatic rings. The Bertz CT molecular complexity index is 1240. The van der Waals surface area contributed by atoms with Crippen molar-refractivity contribution in [1.82, 2.24) is 9.80 Å². The summed E-state index contributed by atoms with van der Waals surface area (Å²) in [6.07, 6.45) is 0.794. The van der Waals surface area contributed by atoms with E-state index >= 15 is 0 Å². The van der Waals surface area contributed by atoms with Gasteiger partial charge in [0.25, 0.3) is 0 Å². The standard InChI is InChI=1S/C25H28N2O7/c1-10-5-12-6-15-25(31)27-14(19(26(15)3)17(12)21(30)22(10)32-4)7-13-18(16(27)8-28)24-23(33-9-34-24)11(2)20(13)29/h5,14-16,19,28-30H,6-9H2,1-4H3/t14?,15-,16-,19-/m0/s1. The minimum Gasteiger partial charge on any atom is -0.507 e. The van der Waals surface area contributed by atoms with Gasteiger partial charge in [-0.05, 0) is 44.9 Å². The first kappa shape index (κ1) is 21.4. The number of phenolic OH excluding ortho intramolecular Hbond substituents is 2. The maximum absolute atomic E-state index is 13.9. The average Bonchev–Trinajstić information content (AvgIpc) is 3.30. The fourth-order valence-electron chi connectivity index (χ4n) is 6.62. The third-order valence-corrected chi connectivity index (χ3v) is 8.09. The Morgan fingerprint density at radius 2 is 1.85 bits per heavy atom. The van der Waals surface area contributed by atoms with Gasteiger partial charge in [0.05, 0.1) is 37.9 Å². The number of hydrogen-bond acceptors (Lipinski definition) is 8. The van der Waals surface area contributed by atoms with Gasteiger partial charge < -0.3 is 34.4 Å². The van der Waals surface area contributed by atoms with Crippen LogP contribution in [-0.4, -0.2) is 70.7 Å². The number of methoxy groups -OCH3 is 1. The first-order valence-corrected chi connectivity index (χ1v) is 11.5. The highest BCUT2D eigenvalue weighted by molar-refractivity contribution is 5.86. The van der Waals surface area contributed by atoms with Gasteiger partial charge in [0, 0.05) is 22.3 Å². The van der Waals surface area contributed by atoms with Crippen molar-refractivity contribution in [2.45, 2.75) is 50.9 Å². The number of carbonyl (C=O) groups is 1. The largest absolute Gasteiger partial charge is 0.507 e. The molecule has 4 heterocycles. The second kappa shape index (κ2) is 7.16. The van der Waals surface area contributed by atoms with Crippen LogP contribution in [-0.2, 0) is 17.6 Å². The smallest absolute Gasteiger partial charge is 0.241 e. The van der Waals surface area contributed by atoms with E-state index in [4.69, 9.17) is 14.2 Å². The number of benzene rings is 2. The third-order valence-electron chi connectivity index (χ3n) is 8.09. The van der Waals surface area contributed by atoms with Gasteiger partial charge >= 0.3 is 0 Å². The van der Waals surface area contributed by atoms with Crippen LogP contribution >= 0.6 is 0 Å². The normalized spacial score (nSPS) is 26.7. The van der Waals surface area contributed by atoms with Crippen LogP contribution in [0.1, 0.15) is 45.5 Å². The predicted molar refractivity (Wildman–Crippen MR) is 121 cm³/mol. The molecule has 1 fully saturated rings. The van der Waals surface area contributed by atoms with E-state index in [-0.39, 0.29) is 36.8 Å². The molecule has 9 heteroatoms. The van der Waals surface area contributed by atoms with Crippen molar-refractivity contribution in [3.63, 3.8) is 0 Å². The number of carbonyl (C=O) groups excluding carboxylic acids is 1. The SMILES string of the molecule is COc1c(C)cc2c(c1O)[C@@H]1C3Cc4c(O)c(C)c5c(c4[C@H](CO)N3C(=O)[C@H](C2)N1C)OCO5. The Morgan fingerprint density at radius 1 is 1.12 bits per heavy atom. The van der Waals surface area contributed by atoms with Crippen LogP contribution in [0, 0.1) is 13.8 Å². The van der Waals surface area contributed by atoms with Crippen LogP contribution in [0.2, 0.25) is 0 Å². The molecule has 1 amide bonds. The molecule has 1 unspecified atom stereocenters. The molecule has 0 aliphatic carbocycles. The van der Waals surface area contributed by atoms with E-state index in [0.717, 1.165) is 16.7 Å². The van der Waals surface area contributed by atoms with Crippen LogP contribution in [0.15, 0.2) is 6.07 Å². The summed E-state index contributed by atoms with van der Waals surface area (Å²) in [5.41, 5.74) is 4.31. The molecule has 0 radical (unpaired) electrons. The molecular formula is C25H28N2O7. The Kier molecular flexibility index (Phi) is 4.50. The lowest BCUT2D eigenvalue weighted by atomic mass is 9.73. The molecule has 34 heavy (non-hydrogen) atoms. The fourth-order valence-corrected chi connectivity index (χ4v) is 6.62. The van der Waals surface area contributed by atoms with Crippen LogP contribution in [0.4, 0.5) is 0 Å². The number of aryl methyl sites for hydroxylation is 1. The van der Waals surface area contributed by atoms with Crippen LogP contribution in [0.3, 0.4) is 0 Å². The summed E-state index contributed by atoms with van der Waals surface area (Å²) in [4.78, 5) is 17.6. The van der Waals surface area contributed by atoms with Gasteiger partial charge in [-0.2, -0.15) is 0 Å². The molecule has 0 aromatic heterocycles. The predicted octanol–water partition coefficient (Wildman–Crippen LogP) is 1.85. The molecule has 4 aliphatic rings. The van der Waals surface area contributed by atoms with Crippen molar-refractivity contribution in [1.29, 1.82) is 0 Å². The fraction of sp³-hybridized carbons (Fsp3) is 0.480. The number of ether oxygens (including phenoxy) is 3. The van der Waals surface area contributed by atoms with Crippen LogP contribution in [0.5, 0.6) is 28.7 Å². The summed E-state index contributed by atoms with van der Waals surface area (Å²) in [5.74, 6) is 1.46. The summed E-state index contributed by atoms with van der Waals surface area (Å²) in [7, 11) is 3.43. The quantitative estimate of drug-likeness (QED) is 0.612. The second-order valence-corrected chi connectivity index (χ2v) is 9.62. The number of likely N-dealkylation sites (N-methyl/N-ethyl adjacent to an activating group) is 1. The Morgan fingerprint density at radius 3 is 2.56 bits per heavy atom. The number of aliphatic hydroxyl groups excluding tert-OH is 1. The number of amides is 1. The monoisotopic (exact) mass is 468 g/mol. The zero-order valence-electron chi connectivity index (χ0n) is 19.6. The summed E-state index contributed by atoms with van der Waals surface area (Å²) in [6.45, 7) is 3.35. The molecule has 2 aromatic carbocycles. The number of nitrogens with zero attached hydrogens (tertiary/aromatic N) is 2. The maximum atomic E-state index is 13.9. The molecule has 180 valence electrons. The second-order valence-electron chi connectivity index (χ2n) is 9.62. The molecular weight excluding hydrogens is 440 g/mol. The van der Waals surface area contributed by atoms with Gasteiger partial charge in [0.15, 0.2) is 23.0 Å². The van der Waals surface area contributed by atoms with Crippen LogP contribution < -0.4 is 14.2 Å². The van der Waals surface area contributed by atoms with Crippen molar-refractivity contribution in [2.75, 3.05) is 27.6 Å². The third kappa shape index (κ3) is 2.48. The number of hydrogen-bond donors (Lipinski definition) is 3. The summed E-state index contributed by atoms with van der Waals surface area (Å²) in [6, 6.07) is 0.109. The number of piperazine rings is 1. The van der Waals surface area contributed by atoms with Gasteiger partial charge in [-0.3, -0.25) is 9.69 Å². The van der Waals surface area contributed by atoms with Gasteiger partial charge in [-0.15, -0.1) is 0 Å². The highest BCUT2D eigenvalue weighted by Crippen LogP contribution is 2.57. The lowest BCUT2D eigenvalue weighted by molar-refractivity contribution is -0.158. The number of fused-ring (bicyclic) bond motifs is 9. The number of phenols is 2. The van der Waals surface area contributed by atoms with Crippen molar-refractivity contribution >= 4 is 5.91 Å².